The van der Waals surface area contributed by atoms with Crippen molar-refractivity contribution < 1.29 is 9.53 Å². The standard InChI is InChI=1S/C21H31N3O2/c1-17-5-2-3-7-20(17)22-10-12-23(13-11-22)21(25)24(15-18-8-9-18)16-19-6-4-14-26-19/h2-3,5,7,18-19H,4,6,8-16H2,1H3. The molecule has 1 atom stereocenters. The van der Waals surface area contributed by atoms with Crippen LogP contribution in [0.15, 0.2) is 24.3 Å². The Labute approximate surface area is 156 Å². The van der Waals surface area contributed by atoms with Crippen LogP contribution in [-0.4, -0.2) is 67.8 Å². The molecule has 5 nitrogen and oxygen atoms in total. The van der Waals surface area contributed by atoms with Gasteiger partial charge in [-0.2, -0.15) is 0 Å². The number of piperazine rings is 1. The molecule has 0 radical (unpaired) electrons. The quantitative estimate of drug-likeness (QED) is 0.812. The topological polar surface area (TPSA) is 36.0 Å². The number of urea groups is 1. The molecule has 2 amide bonds. The third kappa shape index (κ3) is 4.14. The first-order valence-corrected chi connectivity index (χ1v) is 10.2. The zero-order chi connectivity index (χ0) is 17.9. The van der Waals surface area contributed by atoms with Gasteiger partial charge in [-0.15, -0.1) is 0 Å². The van der Waals surface area contributed by atoms with Gasteiger partial charge in [0.2, 0.25) is 0 Å². The van der Waals surface area contributed by atoms with Crippen LogP contribution >= 0.6 is 0 Å². The summed E-state index contributed by atoms with van der Waals surface area (Å²) in [5.41, 5.74) is 2.61. The van der Waals surface area contributed by atoms with Gasteiger partial charge < -0.3 is 19.4 Å². The van der Waals surface area contributed by atoms with E-state index in [0.717, 1.165) is 58.7 Å². The summed E-state index contributed by atoms with van der Waals surface area (Å²) in [7, 11) is 0. The number of carbonyl (C=O) groups is 1. The number of ether oxygens (including phenoxy) is 1. The average molecular weight is 357 g/mol. The SMILES string of the molecule is Cc1ccccc1N1CCN(C(=O)N(CC2CC2)CC2CCCO2)CC1. The van der Waals surface area contributed by atoms with Gasteiger partial charge >= 0.3 is 6.03 Å². The minimum Gasteiger partial charge on any atom is -0.376 e. The van der Waals surface area contributed by atoms with Gasteiger partial charge in [-0.3, -0.25) is 0 Å². The molecule has 2 saturated heterocycles. The number of aryl methyl sites for hydroxylation is 1. The van der Waals surface area contributed by atoms with Crippen molar-refractivity contribution >= 4 is 11.7 Å². The molecule has 4 rings (SSSR count). The van der Waals surface area contributed by atoms with Crippen molar-refractivity contribution in [3.8, 4) is 0 Å². The second-order valence-electron chi connectivity index (χ2n) is 8.03. The van der Waals surface area contributed by atoms with E-state index in [1.54, 1.807) is 0 Å². The largest absolute Gasteiger partial charge is 0.376 e. The van der Waals surface area contributed by atoms with Crippen LogP contribution in [0.2, 0.25) is 0 Å². The summed E-state index contributed by atoms with van der Waals surface area (Å²) in [5.74, 6) is 0.716. The third-order valence-electron chi connectivity index (χ3n) is 5.90. The molecule has 2 heterocycles. The number of hydrogen-bond acceptors (Lipinski definition) is 3. The predicted molar refractivity (Wildman–Crippen MR) is 104 cm³/mol. The lowest BCUT2D eigenvalue weighted by Crippen LogP contribution is -2.54. The molecule has 1 aromatic carbocycles. The van der Waals surface area contributed by atoms with Crippen LogP contribution in [0.25, 0.3) is 0 Å². The Morgan fingerprint density at radius 2 is 1.88 bits per heavy atom. The lowest BCUT2D eigenvalue weighted by molar-refractivity contribution is 0.0710. The molecule has 1 saturated carbocycles. The van der Waals surface area contributed by atoms with Gasteiger partial charge in [0.25, 0.3) is 0 Å². The van der Waals surface area contributed by atoms with Crippen molar-refractivity contribution in [1.82, 2.24) is 9.80 Å². The zero-order valence-electron chi connectivity index (χ0n) is 15.9. The molecule has 142 valence electrons. The zero-order valence-corrected chi connectivity index (χ0v) is 15.9. The van der Waals surface area contributed by atoms with Gasteiger partial charge in [-0.25, -0.2) is 4.79 Å². The smallest absolute Gasteiger partial charge is 0.320 e. The highest BCUT2D eigenvalue weighted by atomic mass is 16.5. The summed E-state index contributed by atoms with van der Waals surface area (Å²) < 4.78 is 5.79. The van der Waals surface area contributed by atoms with E-state index < -0.39 is 0 Å². The minimum absolute atomic E-state index is 0.219. The summed E-state index contributed by atoms with van der Waals surface area (Å²) in [6.07, 6.45) is 5.01. The Morgan fingerprint density at radius 1 is 1.12 bits per heavy atom. The minimum atomic E-state index is 0.219. The van der Waals surface area contributed by atoms with Crippen LogP contribution in [0.5, 0.6) is 0 Å². The van der Waals surface area contributed by atoms with E-state index in [-0.39, 0.29) is 12.1 Å². The van der Waals surface area contributed by atoms with Gasteiger partial charge in [-0.05, 0) is 50.2 Å². The van der Waals surface area contributed by atoms with E-state index >= 15 is 0 Å². The van der Waals surface area contributed by atoms with Gasteiger partial charge in [0.15, 0.2) is 0 Å². The summed E-state index contributed by atoms with van der Waals surface area (Å²) >= 11 is 0. The molecule has 0 N–H and O–H groups in total. The molecule has 1 unspecified atom stereocenters. The first kappa shape index (κ1) is 17.7. The second kappa shape index (κ2) is 7.87. The van der Waals surface area contributed by atoms with Crippen LogP contribution in [0.1, 0.15) is 31.2 Å². The Bertz CT molecular complexity index is 617. The van der Waals surface area contributed by atoms with E-state index in [9.17, 15) is 4.79 Å². The molecule has 0 spiro atoms. The lowest BCUT2D eigenvalue weighted by atomic mass is 10.1. The van der Waals surface area contributed by atoms with Crippen molar-refractivity contribution in [1.29, 1.82) is 0 Å². The van der Waals surface area contributed by atoms with E-state index in [2.05, 4.69) is 41.0 Å². The van der Waals surface area contributed by atoms with E-state index in [1.807, 2.05) is 4.90 Å². The molecule has 3 fully saturated rings. The average Bonchev–Trinajstić information content (AvgIpc) is 3.34. The fourth-order valence-electron chi connectivity index (χ4n) is 4.13. The van der Waals surface area contributed by atoms with Crippen LogP contribution in [0.4, 0.5) is 10.5 Å². The van der Waals surface area contributed by atoms with Crippen LogP contribution in [0, 0.1) is 12.8 Å². The van der Waals surface area contributed by atoms with Crippen LogP contribution in [0.3, 0.4) is 0 Å². The lowest BCUT2D eigenvalue weighted by Gasteiger charge is -2.39. The fraction of sp³-hybridized carbons (Fsp3) is 0.667. The molecule has 3 aliphatic rings. The molecule has 1 aromatic rings. The monoisotopic (exact) mass is 357 g/mol. The number of amides is 2. The summed E-state index contributed by atoms with van der Waals surface area (Å²) in [4.78, 5) is 19.7. The highest BCUT2D eigenvalue weighted by Gasteiger charge is 2.32. The maximum Gasteiger partial charge on any atom is 0.320 e. The van der Waals surface area contributed by atoms with Gasteiger partial charge in [0.05, 0.1) is 6.10 Å². The third-order valence-corrected chi connectivity index (χ3v) is 5.90. The van der Waals surface area contributed by atoms with Crippen molar-refractivity contribution in [3.63, 3.8) is 0 Å². The van der Waals surface area contributed by atoms with Crippen molar-refractivity contribution in [3.05, 3.63) is 29.8 Å². The highest BCUT2D eigenvalue weighted by molar-refractivity contribution is 5.75. The molecule has 5 heteroatoms. The molecule has 2 aliphatic heterocycles. The number of rotatable bonds is 5. The number of benzene rings is 1. The van der Waals surface area contributed by atoms with Gasteiger partial charge in [-0.1, -0.05) is 18.2 Å². The van der Waals surface area contributed by atoms with Crippen LogP contribution in [-0.2, 0) is 4.74 Å². The Morgan fingerprint density at radius 3 is 2.54 bits per heavy atom. The first-order chi connectivity index (χ1) is 12.7. The number of nitrogens with zero attached hydrogens (tertiary/aromatic N) is 3. The van der Waals surface area contributed by atoms with Gasteiger partial charge in [0.1, 0.15) is 0 Å². The molecule has 0 aromatic heterocycles. The first-order valence-electron chi connectivity index (χ1n) is 10.2. The Balaban J connectivity index is 1.35. The predicted octanol–water partition coefficient (Wildman–Crippen LogP) is 3.13. The normalized spacial score (nSPS) is 23.3. The molecular weight excluding hydrogens is 326 g/mol. The molecular formula is C21H31N3O2. The number of para-hydroxylation sites is 1. The van der Waals surface area contributed by atoms with Crippen molar-refractivity contribution in [2.24, 2.45) is 5.92 Å². The fourth-order valence-corrected chi connectivity index (χ4v) is 4.13. The van der Waals surface area contributed by atoms with Crippen molar-refractivity contribution in [2.45, 2.75) is 38.7 Å². The highest BCUT2D eigenvalue weighted by Crippen LogP contribution is 2.31. The number of carbonyl (C=O) groups excluding carboxylic acids is 1. The molecule has 1 aliphatic carbocycles. The van der Waals surface area contributed by atoms with E-state index in [0.29, 0.717) is 5.92 Å². The Hall–Kier alpha value is -1.75. The summed E-state index contributed by atoms with van der Waals surface area (Å²) in [5, 5.41) is 0. The maximum absolute atomic E-state index is 13.1. The summed E-state index contributed by atoms with van der Waals surface area (Å²) in [6, 6.07) is 8.74. The Kier molecular flexibility index (Phi) is 5.34. The number of anilines is 1. The summed E-state index contributed by atoms with van der Waals surface area (Å²) in [6.45, 7) is 8.13. The van der Waals surface area contributed by atoms with E-state index in [1.165, 1.54) is 24.1 Å². The number of hydrogen-bond donors (Lipinski definition) is 0. The molecule has 0 bridgehead atoms. The second-order valence-corrected chi connectivity index (χ2v) is 8.03. The van der Waals surface area contributed by atoms with E-state index in [4.69, 9.17) is 4.74 Å². The van der Waals surface area contributed by atoms with Gasteiger partial charge in [0, 0.05) is 51.6 Å². The van der Waals surface area contributed by atoms with Crippen LogP contribution < -0.4 is 4.90 Å². The van der Waals surface area contributed by atoms with Crippen molar-refractivity contribution in [2.75, 3.05) is 50.8 Å². The maximum atomic E-state index is 13.1. The molecule has 26 heavy (non-hydrogen) atoms.